The van der Waals surface area contributed by atoms with E-state index in [9.17, 15) is 5.11 Å². The van der Waals surface area contributed by atoms with Gasteiger partial charge in [-0.2, -0.15) is 5.26 Å². The first-order chi connectivity index (χ1) is 9.60. The molecule has 20 heavy (non-hydrogen) atoms. The van der Waals surface area contributed by atoms with E-state index in [1.54, 1.807) is 12.1 Å². The SMILES string of the molecule is Cc1ccc(C#N)cc1NCC(O)c1cccc(Br)c1. The van der Waals surface area contributed by atoms with Crippen LogP contribution in [-0.4, -0.2) is 11.7 Å². The van der Waals surface area contributed by atoms with Crippen LogP contribution in [0, 0.1) is 18.3 Å². The minimum Gasteiger partial charge on any atom is -0.387 e. The van der Waals surface area contributed by atoms with Crippen LogP contribution in [0.4, 0.5) is 5.69 Å². The molecule has 1 atom stereocenters. The molecule has 3 nitrogen and oxygen atoms in total. The molecule has 4 heteroatoms. The first kappa shape index (κ1) is 14.6. The van der Waals surface area contributed by atoms with E-state index in [0.717, 1.165) is 21.3 Å². The van der Waals surface area contributed by atoms with Crippen LogP contribution in [-0.2, 0) is 0 Å². The van der Waals surface area contributed by atoms with Gasteiger partial charge in [-0.25, -0.2) is 0 Å². The van der Waals surface area contributed by atoms with E-state index in [4.69, 9.17) is 5.26 Å². The summed E-state index contributed by atoms with van der Waals surface area (Å²) in [6, 6.07) is 15.2. The van der Waals surface area contributed by atoms with E-state index in [1.807, 2.05) is 37.3 Å². The second-order valence-electron chi connectivity index (χ2n) is 4.59. The third kappa shape index (κ3) is 3.60. The Balaban J connectivity index is 2.07. The summed E-state index contributed by atoms with van der Waals surface area (Å²) in [6.07, 6.45) is -0.599. The van der Waals surface area contributed by atoms with Crippen molar-refractivity contribution in [1.82, 2.24) is 0 Å². The molecule has 0 aliphatic carbocycles. The minimum absolute atomic E-state index is 0.395. The molecule has 0 aliphatic heterocycles. The normalized spacial score (nSPS) is 11.7. The van der Waals surface area contributed by atoms with Crippen molar-refractivity contribution in [3.8, 4) is 6.07 Å². The lowest BCUT2D eigenvalue weighted by Crippen LogP contribution is -2.12. The van der Waals surface area contributed by atoms with Crippen LogP contribution in [0.1, 0.15) is 22.8 Å². The molecule has 0 aliphatic rings. The Morgan fingerprint density at radius 1 is 1.30 bits per heavy atom. The van der Waals surface area contributed by atoms with Crippen molar-refractivity contribution in [2.24, 2.45) is 0 Å². The van der Waals surface area contributed by atoms with E-state index in [-0.39, 0.29) is 0 Å². The summed E-state index contributed by atoms with van der Waals surface area (Å²) in [5.41, 5.74) is 3.37. The molecule has 2 aromatic rings. The van der Waals surface area contributed by atoms with Crippen molar-refractivity contribution in [3.05, 3.63) is 63.6 Å². The van der Waals surface area contributed by atoms with Crippen LogP contribution in [0.25, 0.3) is 0 Å². The summed E-state index contributed by atoms with van der Waals surface area (Å²) in [5.74, 6) is 0. The van der Waals surface area contributed by atoms with Gasteiger partial charge in [-0.1, -0.05) is 34.1 Å². The molecule has 2 N–H and O–H groups in total. The monoisotopic (exact) mass is 330 g/mol. The quantitative estimate of drug-likeness (QED) is 0.897. The summed E-state index contributed by atoms with van der Waals surface area (Å²) in [4.78, 5) is 0. The average molecular weight is 331 g/mol. The summed E-state index contributed by atoms with van der Waals surface area (Å²) in [7, 11) is 0. The van der Waals surface area contributed by atoms with Gasteiger partial charge in [0.1, 0.15) is 0 Å². The van der Waals surface area contributed by atoms with Crippen molar-refractivity contribution in [3.63, 3.8) is 0 Å². The molecule has 2 aromatic carbocycles. The number of aliphatic hydroxyl groups excluding tert-OH is 1. The fourth-order valence-electron chi connectivity index (χ4n) is 1.92. The van der Waals surface area contributed by atoms with Crippen molar-refractivity contribution >= 4 is 21.6 Å². The zero-order valence-corrected chi connectivity index (χ0v) is 12.7. The third-order valence-electron chi connectivity index (χ3n) is 3.09. The lowest BCUT2D eigenvalue weighted by molar-refractivity contribution is 0.191. The Kier molecular flexibility index (Phi) is 4.78. The maximum absolute atomic E-state index is 10.2. The number of anilines is 1. The molecule has 0 fully saturated rings. The van der Waals surface area contributed by atoms with E-state index in [0.29, 0.717) is 12.1 Å². The molecular weight excluding hydrogens is 316 g/mol. The number of benzene rings is 2. The van der Waals surface area contributed by atoms with Gasteiger partial charge in [0.2, 0.25) is 0 Å². The summed E-state index contributed by atoms with van der Waals surface area (Å²) < 4.78 is 0.941. The van der Waals surface area contributed by atoms with Crippen LogP contribution in [0.15, 0.2) is 46.9 Å². The molecule has 2 rings (SSSR count). The highest BCUT2D eigenvalue weighted by Crippen LogP contribution is 2.21. The molecule has 0 saturated heterocycles. The van der Waals surface area contributed by atoms with Crippen molar-refractivity contribution in [1.29, 1.82) is 5.26 Å². The second-order valence-corrected chi connectivity index (χ2v) is 5.51. The summed E-state index contributed by atoms with van der Waals surface area (Å²) in [5, 5.41) is 22.3. The van der Waals surface area contributed by atoms with Crippen LogP contribution >= 0.6 is 15.9 Å². The second kappa shape index (κ2) is 6.56. The lowest BCUT2D eigenvalue weighted by Gasteiger charge is -2.15. The number of nitrogens with zero attached hydrogens (tertiary/aromatic N) is 1. The molecule has 0 spiro atoms. The number of aliphatic hydroxyl groups is 1. The number of nitriles is 1. The fraction of sp³-hybridized carbons (Fsp3) is 0.188. The van der Waals surface area contributed by atoms with E-state index < -0.39 is 6.10 Å². The van der Waals surface area contributed by atoms with Crippen molar-refractivity contribution in [2.45, 2.75) is 13.0 Å². The largest absolute Gasteiger partial charge is 0.387 e. The Bertz CT molecular complexity index is 649. The number of rotatable bonds is 4. The van der Waals surface area contributed by atoms with E-state index in [2.05, 4.69) is 27.3 Å². The number of halogens is 1. The maximum atomic E-state index is 10.2. The van der Waals surface area contributed by atoms with Crippen LogP contribution in [0.2, 0.25) is 0 Å². The smallest absolute Gasteiger partial charge is 0.0992 e. The molecule has 1 unspecified atom stereocenters. The zero-order valence-electron chi connectivity index (χ0n) is 11.1. The number of nitrogens with one attached hydrogen (secondary N) is 1. The lowest BCUT2D eigenvalue weighted by atomic mass is 10.1. The van der Waals surface area contributed by atoms with E-state index in [1.165, 1.54) is 0 Å². The highest BCUT2D eigenvalue weighted by molar-refractivity contribution is 9.10. The maximum Gasteiger partial charge on any atom is 0.0992 e. The Morgan fingerprint density at radius 2 is 2.10 bits per heavy atom. The number of hydrogen-bond acceptors (Lipinski definition) is 3. The van der Waals surface area contributed by atoms with Gasteiger partial charge in [0.25, 0.3) is 0 Å². The Labute approximate surface area is 127 Å². The molecule has 0 aromatic heterocycles. The molecule has 0 heterocycles. The number of aryl methyl sites for hydroxylation is 1. The van der Waals surface area contributed by atoms with Gasteiger partial charge in [-0.05, 0) is 42.3 Å². The van der Waals surface area contributed by atoms with E-state index >= 15 is 0 Å². The van der Waals surface area contributed by atoms with Gasteiger partial charge in [0.05, 0.1) is 17.7 Å². The van der Waals surface area contributed by atoms with Gasteiger partial charge < -0.3 is 10.4 Å². The predicted octanol–water partition coefficient (Wildman–Crippen LogP) is 3.77. The molecule has 0 saturated carbocycles. The standard InChI is InChI=1S/C16H15BrN2O/c1-11-5-6-12(9-18)7-15(11)19-10-16(20)13-3-2-4-14(17)8-13/h2-8,16,19-20H,10H2,1H3. The van der Waals surface area contributed by atoms with Gasteiger partial charge in [-0.15, -0.1) is 0 Å². The average Bonchev–Trinajstić information content (AvgIpc) is 2.46. The van der Waals surface area contributed by atoms with Crippen LogP contribution < -0.4 is 5.32 Å². The molecular formula is C16H15BrN2O. The van der Waals surface area contributed by atoms with Crippen LogP contribution in [0.3, 0.4) is 0 Å². The summed E-state index contributed by atoms with van der Waals surface area (Å²) in [6.45, 7) is 2.36. The molecule has 0 radical (unpaired) electrons. The van der Waals surface area contributed by atoms with Gasteiger partial charge in [0.15, 0.2) is 0 Å². The first-order valence-corrected chi connectivity index (χ1v) is 7.07. The zero-order chi connectivity index (χ0) is 14.5. The van der Waals surface area contributed by atoms with Crippen molar-refractivity contribution in [2.75, 3.05) is 11.9 Å². The fourth-order valence-corrected chi connectivity index (χ4v) is 2.34. The minimum atomic E-state index is -0.599. The first-order valence-electron chi connectivity index (χ1n) is 6.28. The Hall–Kier alpha value is -1.83. The predicted molar refractivity (Wildman–Crippen MR) is 83.5 cm³/mol. The molecule has 0 bridgehead atoms. The highest BCUT2D eigenvalue weighted by Gasteiger charge is 2.08. The van der Waals surface area contributed by atoms with Gasteiger partial charge in [0, 0.05) is 16.7 Å². The third-order valence-corrected chi connectivity index (χ3v) is 3.58. The van der Waals surface area contributed by atoms with Gasteiger partial charge in [-0.3, -0.25) is 0 Å². The molecule has 0 amide bonds. The Morgan fingerprint density at radius 3 is 2.80 bits per heavy atom. The number of hydrogen-bond donors (Lipinski definition) is 2. The summed E-state index contributed by atoms with van der Waals surface area (Å²) >= 11 is 3.39. The van der Waals surface area contributed by atoms with Gasteiger partial charge >= 0.3 is 0 Å². The van der Waals surface area contributed by atoms with Crippen LogP contribution in [0.5, 0.6) is 0 Å². The van der Waals surface area contributed by atoms with Crippen molar-refractivity contribution < 1.29 is 5.11 Å². The highest BCUT2D eigenvalue weighted by atomic mass is 79.9. The molecule has 102 valence electrons. The topological polar surface area (TPSA) is 56.0 Å².